The summed E-state index contributed by atoms with van der Waals surface area (Å²) in [6, 6.07) is 5.75. The zero-order valence-corrected chi connectivity index (χ0v) is 11.2. The second-order valence-corrected chi connectivity index (χ2v) is 4.78. The lowest BCUT2D eigenvalue weighted by atomic mass is 10.1. The van der Waals surface area contributed by atoms with Gasteiger partial charge in [-0.25, -0.2) is 8.78 Å². The summed E-state index contributed by atoms with van der Waals surface area (Å²) >= 11 is 3.18. The number of aromatic nitrogens is 1. The molecule has 0 atom stereocenters. The van der Waals surface area contributed by atoms with Crippen molar-refractivity contribution < 1.29 is 13.6 Å². The van der Waals surface area contributed by atoms with Crippen LogP contribution in [0.25, 0.3) is 0 Å². The molecule has 0 saturated carbocycles. The minimum absolute atomic E-state index is 0.0192. The molecule has 0 spiro atoms. The van der Waals surface area contributed by atoms with Gasteiger partial charge in [0.1, 0.15) is 0 Å². The van der Waals surface area contributed by atoms with E-state index < -0.39 is 17.4 Å². The lowest BCUT2D eigenvalue weighted by Gasteiger charge is -2.05. The van der Waals surface area contributed by atoms with Gasteiger partial charge in [-0.15, -0.1) is 0 Å². The molecule has 0 saturated heterocycles. The molecule has 0 fully saturated rings. The molecule has 2 rings (SSSR count). The van der Waals surface area contributed by atoms with Gasteiger partial charge in [0.2, 0.25) is 0 Å². The van der Waals surface area contributed by atoms with Crippen LogP contribution >= 0.6 is 15.9 Å². The van der Waals surface area contributed by atoms with Gasteiger partial charge in [-0.2, -0.15) is 0 Å². The number of hydrogen-bond donors (Lipinski definition) is 0. The summed E-state index contributed by atoms with van der Waals surface area (Å²) in [6.07, 6.45) is 1.46. The van der Waals surface area contributed by atoms with Crippen molar-refractivity contribution in [3.8, 4) is 0 Å². The minimum Gasteiger partial charge on any atom is -0.307 e. The van der Waals surface area contributed by atoms with Crippen LogP contribution in [0.2, 0.25) is 0 Å². The number of rotatable bonds is 3. The molecule has 1 aromatic heterocycles. The first-order valence-electron chi connectivity index (χ1n) is 5.31. The minimum atomic E-state index is -1.09. The predicted molar refractivity (Wildman–Crippen MR) is 69.1 cm³/mol. The maximum atomic E-state index is 13.0. The molecule has 1 heterocycles. The monoisotopic (exact) mass is 327 g/mol. The summed E-state index contributed by atoms with van der Waals surface area (Å²) in [6.45, 7) is -0.233. The molecular formula is C13H8BrF2NO2. The second-order valence-electron chi connectivity index (χ2n) is 3.87. The molecule has 0 unspecified atom stereocenters. The Morgan fingerprint density at radius 1 is 1.16 bits per heavy atom. The normalized spacial score (nSPS) is 10.5. The van der Waals surface area contributed by atoms with Crippen molar-refractivity contribution in [2.45, 2.75) is 6.54 Å². The zero-order chi connectivity index (χ0) is 14.0. The van der Waals surface area contributed by atoms with Gasteiger partial charge >= 0.3 is 0 Å². The topological polar surface area (TPSA) is 39.1 Å². The summed E-state index contributed by atoms with van der Waals surface area (Å²) in [5.74, 6) is -2.58. The number of Topliss-reactive ketones (excluding diaryl/α,β-unsaturated/α-hetero) is 1. The van der Waals surface area contributed by atoms with E-state index in [1.54, 1.807) is 6.07 Å². The van der Waals surface area contributed by atoms with Crippen LogP contribution in [-0.4, -0.2) is 10.4 Å². The number of benzene rings is 1. The summed E-state index contributed by atoms with van der Waals surface area (Å²) in [4.78, 5) is 23.4. The van der Waals surface area contributed by atoms with E-state index in [0.29, 0.717) is 4.47 Å². The Kier molecular flexibility index (Phi) is 3.90. The Balaban J connectivity index is 2.28. The molecule has 0 amide bonds. The van der Waals surface area contributed by atoms with E-state index in [2.05, 4.69) is 15.9 Å². The number of nitrogens with zero attached hydrogens (tertiary/aromatic N) is 1. The van der Waals surface area contributed by atoms with E-state index in [0.717, 1.165) is 12.1 Å². The number of ketones is 1. The van der Waals surface area contributed by atoms with Crippen molar-refractivity contribution in [1.82, 2.24) is 4.57 Å². The molecule has 0 N–H and O–H groups in total. The largest absolute Gasteiger partial charge is 0.307 e. The van der Waals surface area contributed by atoms with Crippen LogP contribution in [0.3, 0.4) is 0 Å². The summed E-state index contributed by atoms with van der Waals surface area (Å²) in [5.41, 5.74) is -0.329. The second kappa shape index (κ2) is 5.44. The van der Waals surface area contributed by atoms with Gasteiger partial charge < -0.3 is 4.57 Å². The van der Waals surface area contributed by atoms with Gasteiger partial charge in [0.15, 0.2) is 17.4 Å². The Morgan fingerprint density at radius 3 is 2.58 bits per heavy atom. The number of pyridine rings is 1. The van der Waals surface area contributed by atoms with Crippen molar-refractivity contribution >= 4 is 21.7 Å². The molecule has 0 aliphatic carbocycles. The summed E-state index contributed by atoms with van der Waals surface area (Å²) < 4.78 is 27.6. The van der Waals surface area contributed by atoms with E-state index in [4.69, 9.17) is 0 Å². The third kappa shape index (κ3) is 3.14. The molecule has 0 aliphatic rings. The van der Waals surface area contributed by atoms with Crippen LogP contribution in [0.1, 0.15) is 10.4 Å². The lowest BCUT2D eigenvalue weighted by molar-refractivity contribution is 0.0970. The molecular weight excluding hydrogens is 320 g/mol. The predicted octanol–water partition coefficient (Wildman–Crippen LogP) is 2.77. The quantitative estimate of drug-likeness (QED) is 0.813. The van der Waals surface area contributed by atoms with Crippen molar-refractivity contribution in [3.63, 3.8) is 0 Å². The third-order valence-corrected chi connectivity index (χ3v) is 2.97. The molecule has 2 aromatic rings. The number of carbonyl (C=O) groups excluding carboxylic acids is 1. The van der Waals surface area contributed by atoms with Gasteiger partial charge in [0.05, 0.1) is 6.54 Å². The first-order chi connectivity index (χ1) is 8.97. The van der Waals surface area contributed by atoms with Crippen molar-refractivity contribution in [2.75, 3.05) is 0 Å². The number of carbonyl (C=O) groups is 1. The van der Waals surface area contributed by atoms with Gasteiger partial charge in [0, 0.05) is 22.3 Å². The van der Waals surface area contributed by atoms with E-state index in [1.165, 1.54) is 22.9 Å². The van der Waals surface area contributed by atoms with Crippen LogP contribution in [0.15, 0.2) is 45.8 Å². The Hall–Kier alpha value is -1.82. The molecule has 98 valence electrons. The molecule has 3 nitrogen and oxygen atoms in total. The molecule has 1 aromatic carbocycles. The standard InChI is InChI=1S/C13H8BrF2NO2/c14-9-2-4-13(19)17(6-9)7-12(18)8-1-3-10(15)11(16)5-8/h1-6H,7H2. The van der Waals surface area contributed by atoms with Crippen LogP contribution in [0.4, 0.5) is 8.78 Å². The summed E-state index contributed by atoms with van der Waals surface area (Å²) in [7, 11) is 0. The highest BCUT2D eigenvalue weighted by molar-refractivity contribution is 9.10. The van der Waals surface area contributed by atoms with Crippen molar-refractivity contribution in [2.24, 2.45) is 0 Å². The summed E-state index contributed by atoms with van der Waals surface area (Å²) in [5, 5.41) is 0. The fourth-order valence-corrected chi connectivity index (χ4v) is 1.92. The first-order valence-corrected chi connectivity index (χ1v) is 6.11. The van der Waals surface area contributed by atoms with Crippen molar-refractivity contribution in [1.29, 1.82) is 0 Å². The first kappa shape index (κ1) is 13.6. The van der Waals surface area contributed by atoms with Gasteiger partial charge in [-0.1, -0.05) is 0 Å². The average molecular weight is 328 g/mol. The van der Waals surface area contributed by atoms with Gasteiger partial charge in [-0.05, 0) is 40.2 Å². The highest BCUT2D eigenvalue weighted by Crippen LogP contribution is 2.11. The van der Waals surface area contributed by atoms with E-state index in [9.17, 15) is 18.4 Å². The third-order valence-electron chi connectivity index (χ3n) is 2.50. The van der Waals surface area contributed by atoms with Crippen LogP contribution < -0.4 is 5.56 Å². The number of halogens is 3. The maximum Gasteiger partial charge on any atom is 0.251 e. The van der Waals surface area contributed by atoms with Crippen molar-refractivity contribution in [3.05, 3.63) is 68.6 Å². The zero-order valence-electron chi connectivity index (χ0n) is 9.57. The smallest absolute Gasteiger partial charge is 0.251 e. The van der Waals surface area contributed by atoms with E-state index >= 15 is 0 Å². The lowest BCUT2D eigenvalue weighted by Crippen LogP contribution is -2.23. The molecule has 19 heavy (non-hydrogen) atoms. The number of hydrogen-bond acceptors (Lipinski definition) is 2. The fourth-order valence-electron chi connectivity index (χ4n) is 1.54. The average Bonchev–Trinajstić information content (AvgIpc) is 2.37. The Labute approximate surface area is 115 Å². The Bertz CT molecular complexity index is 697. The van der Waals surface area contributed by atoms with Crippen LogP contribution in [-0.2, 0) is 6.54 Å². The Morgan fingerprint density at radius 2 is 1.89 bits per heavy atom. The molecule has 0 aliphatic heterocycles. The fraction of sp³-hybridized carbons (Fsp3) is 0.0769. The molecule has 6 heteroatoms. The van der Waals surface area contributed by atoms with Crippen LogP contribution in [0, 0.1) is 11.6 Å². The van der Waals surface area contributed by atoms with Gasteiger partial charge in [0.25, 0.3) is 5.56 Å². The van der Waals surface area contributed by atoms with E-state index in [1.807, 2.05) is 0 Å². The van der Waals surface area contributed by atoms with Gasteiger partial charge in [-0.3, -0.25) is 9.59 Å². The highest BCUT2D eigenvalue weighted by atomic mass is 79.9. The highest BCUT2D eigenvalue weighted by Gasteiger charge is 2.11. The molecule has 0 radical (unpaired) electrons. The van der Waals surface area contributed by atoms with Crippen LogP contribution in [0.5, 0.6) is 0 Å². The molecule has 0 bridgehead atoms. The van der Waals surface area contributed by atoms with E-state index in [-0.39, 0.29) is 17.7 Å². The maximum absolute atomic E-state index is 13.0. The SMILES string of the molecule is O=C(Cn1cc(Br)ccc1=O)c1ccc(F)c(F)c1.